The Hall–Kier alpha value is -0.690. The van der Waals surface area contributed by atoms with Crippen LogP contribution in [0.15, 0.2) is 22.7 Å². The van der Waals surface area contributed by atoms with Gasteiger partial charge in [-0.05, 0) is 30.4 Å². The molecule has 0 saturated carbocycles. The highest BCUT2D eigenvalue weighted by atomic mass is 79.9. The van der Waals surface area contributed by atoms with Crippen LogP contribution in [0.3, 0.4) is 0 Å². The SMILES string of the molecule is COC1(Cn2c(=S)[nH]c3cc(Br)ccc32)CCOC1. The quantitative estimate of drug-likeness (QED) is 0.870. The van der Waals surface area contributed by atoms with Crippen molar-refractivity contribution >= 4 is 39.2 Å². The first kappa shape index (κ1) is 13.3. The second-order valence-corrected chi connectivity index (χ2v) is 6.17. The molecular weight excluding hydrogens is 328 g/mol. The van der Waals surface area contributed by atoms with Crippen LogP contribution in [0.4, 0.5) is 0 Å². The topological polar surface area (TPSA) is 39.2 Å². The molecule has 19 heavy (non-hydrogen) atoms. The van der Waals surface area contributed by atoms with Crippen molar-refractivity contribution in [3.05, 3.63) is 27.4 Å². The summed E-state index contributed by atoms with van der Waals surface area (Å²) >= 11 is 8.89. The Morgan fingerprint density at radius 3 is 3.11 bits per heavy atom. The molecule has 1 atom stereocenters. The highest BCUT2D eigenvalue weighted by Gasteiger charge is 2.35. The lowest BCUT2D eigenvalue weighted by molar-refractivity contribution is -0.0290. The summed E-state index contributed by atoms with van der Waals surface area (Å²) in [7, 11) is 1.74. The minimum absolute atomic E-state index is 0.263. The molecule has 1 N–H and O–H groups in total. The van der Waals surface area contributed by atoms with E-state index in [0.717, 1.165) is 33.3 Å². The van der Waals surface area contributed by atoms with Crippen LogP contribution in [-0.2, 0) is 16.0 Å². The number of hydrogen-bond donors (Lipinski definition) is 1. The number of imidazole rings is 1. The number of aromatic amines is 1. The zero-order valence-corrected chi connectivity index (χ0v) is 13.0. The van der Waals surface area contributed by atoms with Crippen molar-refractivity contribution in [3.8, 4) is 0 Å². The molecule has 1 aliphatic rings. The van der Waals surface area contributed by atoms with Gasteiger partial charge in [0.25, 0.3) is 0 Å². The number of ether oxygens (including phenoxy) is 2. The average molecular weight is 343 g/mol. The second-order valence-electron chi connectivity index (χ2n) is 4.87. The lowest BCUT2D eigenvalue weighted by atomic mass is 10.0. The fourth-order valence-corrected chi connectivity index (χ4v) is 3.15. The molecule has 1 unspecified atom stereocenters. The molecule has 1 fully saturated rings. The van der Waals surface area contributed by atoms with E-state index in [1.165, 1.54) is 0 Å². The third-order valence-corrected chi connectivity index (χ3v) is 4.50. The number of aromatic nitrogens is 2. The Balaban J connectivity index is 2.05. The fraction of sp³-hybridized carbons (Fsp3) is 0.462. The van der Waals surface area contributed by atoms with Gasteiger partial charge in [-0.25, -0.2) is 0 Å². The maximum Gasteiger partial charge on any atom is 0.178 e. The molecule has 6 heteroatoms. The molecule has 102 valence electrons. The normalized spacial score (nSPS) is 23.3. The molecule has 0 amide bonds. The second kappa shape index (κ2) is 5.01. The van der Waals surface area contributed by atoms with Crippen molar-refractivity contribution < 1.29 is 9.47 Å². The highest BCUT2D eigenvalue weighted by Crippen LogP contribution is 2.27. The molecule has 0 aliphatic carbocycles. The summed E-state index contributed by atoms with van der Waals surface area (Å²) in [5.41, 5.74) is 1.86. The summed E-state index contributed by atoms with van der Waals surface area (Å²) in [6, 6.07) is 6.11. The summed E-state index contributed by atoms with van der Waals surface area (Å²) in [5.74, 6) is 0. The van der Waals surface area contributed by atoms with E-state index in [2.05, 4.69) is 31.5 Å². The Morgan fingerprint density at radius 2 is 2.42 bits per heavy atom. The van der Waals surface area contributed by atoms with Gasteiger partial charge in [-0.15, -0.1) is 0 Å². The maximum atomic E-state index is 5.68. The van der Waals surface area contributed by atoms with Gasteiger partial charge in [-0.3, -0.25) is 0 Å². The van der Waals surface area contributed by atoms with Crippen LogP contribution >= 0.6 is 28.1 Å². The Morgan fingerprint density at radius 1 is 1.58 bits per heavy atom. The predicted molar refractivity (Wildman–Crippen MR) is 80.0 cm³/mol. The van der Waals surface area contributed by atoms with Crippen LogP contribution < -0.4 is 0 Å². The molecule has 0 spiro atoms. The minimum Gasteiger partial charge on any atom is -0.378 e. The molecule has 0 bridgehead atoms. The van der Waals surface area contributed by atoms with E-state index in [9.17, 15) is 0 Å². The number of H-pyrrole nitrogens is 1. The highest BCUT2D eigenvalue weighted by molar-refractivity contribution is 9.10. The van der Waals surface area contributed by atoms with Crippen molar-refractivity contribution in [2.24, 2.45) is 0 Å². The van der Waals surface area contributed by atoms with Crippen molar-refractivity contribution in [2.45, 2.75) is 18.6 Å². The lowest BCUT2D eigenvalue weighted by Crippen LogP contribution is -2.37. The first-order chi connectivity index (χ1) is 9.13. The largest absolute Gasteiger partial charge is 0.378 e. The maximum absolute atomic E-state index is 5.68. The smallest absolute Gasteiger partial charge is 0.178 e. The van der Waals surface area contributed by atoms with E-state index in [1.54, 1.807) is 7.11 Å². The van der Waals surface area contributed by atoms with Crippen molar-refractivity contribution in [1.82, 2.24) is 9.55 Å². The van der Waals surface area contributed by atoms with Gasteiger partial charge < -0.3 is 19.0 Å². The number of methoxy groups -OCH3 is 1. The van der Waals surface area contributed by atoms with Gasteiger partial charge in [0.05, 0.1) is 24.2 Å². The number of fused-ring (bicyclic) bond motifs is 1. The molecule has 1 aromatic carbocycles. The molecule has 2 aromatic rings. The summed E-state index contributed by atoms with van der Waals surface area (Å²) in [4.78, 5) is 3.23. The zero-order valence-electron chi connectivity index (χ0n) is 10.6. The Kier molecular flexibility index (Phi) is 3.51. The number of hydrogen-bond acceptors (Lipinski definition) is 3. The monoisotopic (exact) mass is 342 g/mol. The number of benzene rings is 1. The molecule has 1 aliphatic heterocycles. The number of halogens is 1. The Labute approximate surface area is 124 Å². The average Bonchev–Trinajstić information content (AvgIpc) is 2.96. The van der Waals surface area contributed by atoms with Crippen LogP contribution in [0.25, 0.3) is 11.0 Å². The van der Waals surface area contributed by atoms with Gasteiger partial charge in [-0.1, -0.05) is 15.9 Å². The van der Waals surface area contributed by atoms with Crippen molar-refractivity contribution in [3.63, 3.8) is 0 Å². The third kappa shape index (κ3) is 2.38. The molecule has 1 saturated heterocycles. The zero-order chi connectivity index (χ0) is 13.5. The van der Waals surface area contributed by atoms with Crippen LogP contribution in [-0.4, -0.2) is 35.5 Å². The van der Waals surface area contributed by atoms with Gasteiger partial charge in [0.1, 0.15) is 5.60 Å². The molecule has 1 aromatic heterocycles. The standard InChI is InChI=1S/C13H15BrN2O2S/c1-17-13(4-5-18-8-13)7-16-11-3-2-9(14)6-10(11)15-12(16)19/h2-3,6H,4-5,7-8H2,1H3,(H,15,19). The van der Waals surface area contributed by atoms with E-state index in [1.807, 2.05) is 12.1 Å². The van der Waals surface area contributed by atoms with Gasteiger partial charge in [-0.2, -0.15) is 0 Å². The molecule has 0 radical (unpaired) electrons. The van der Waals surface area contributed by atoms with E-state index in [0.29, 0.717) is 13.2 Å². The summed E-state index contributed by atoms with van der Waals surface area (Å²) in [5, 5.41) is 0. The third-order valence-electron chi connectivity index (χ3n) is 3.68. The number of nitrogens with zero attached hydrogens (tertiary/aromatic N) is 1. The van der Waals surface area contributed by atoms with Crippen molar-refractivity contribution in [2.75, 3.05) is 20.3 Å². The van der Waals surface area contributed by atoms with Crippen molar-refractivity contribution in [1.29, 1.82) is 0 Å². The molecule has 3 rings (SSSR count). The van der Waals surface area contributed by atoms with E-state index < -0.39 is 0 Å². The van der Waals surface area contributed by atoms with Crippen LogP contribution in [0.2, 0.25) is 0 Å². The van der Waals surface area contributed by atoms with E-state index >= 15 is 0 Å². The first-order valence-corrected chi connectivity index (χ1v) is 7.35. The first-order valence-electron chi connectivity index (χ1n) is 6.14. The van der Waals surface area contributed by atoms with Gasteiger partial charge in [0.15, 0.2) is 4.77 Å². The summed E-state index contributed by atoms with van der Waals surface area (Å²) in [6.07, 6.45) is 0.897. The van der Waals surface area contributed by atoms with Crippen LogP contribution in [0.5, 0.6) is 0 Å². The van der Waals surface area contributed by atoms with Crippen LogP contribution in [0.1, 0.15) is 6.42 Å². The molecular formula is C13H15BrN2O2S. The number of nitrogens with one attached hydrogen (secondary N) is 1. The Bertz CT molecular complexity index is 658. The van der Waals surface area contributed by atoms with E-state index in [4.69, 9.17) is 21.7 Å². The number of rotatable bonds is 3. The lowest BCUT2D eigenvalue weighted by Gasteiger charge is -2.26. The fourth-order valence-electron chi connectivity index (χ4n) is 2.52. The van der Waals surface area contributed by atoms with Gasteiger partial charge in [0, 0.05) is 24.6 Å². The minimum atomic E-state index is -0.263. The summed E-state index contributed by atoms with van der Waals surface area (Å²) < 4.78 is 15.0. The summed E-state index contributed by atoms with van der Waals surface area (Å²) in [6.45, 7) is 2.08. The predicted octanol–water partition coefficient (Wildman–Crippen LogP) is 3.27. The van der Waals surface area contributed by atoms with Gasteiger partial charge in [0.2, 0.25) is 0 Å². The molecule has 4 nitrogen and oxygen atoms in total. The van der Waals surface area contributed by atoms with E-state index in [-0.39, 0.29) is 5.60 Å². The van der Waals surface area contributed by atoms with Crippen LogP contribution in [0, 0.1) is 4.77 Å². The molecule has 2 heterocycles. The van der Waals surface area contributed by atoms with Gasteiger partial charge >= 0.3 is 0 Å².